The average molecular weight is 682 g/mol. The zero-order valence-electron chi connectivity index (χ0n) is 27.2. The fraction of sp³-hybridized carbons (Fsp3) is 0.441. The van der Waals surface area contributed by atoms with E-state index in [0.717, 1.165) is 43.7 Å². The Balaban J connectivity index is 0.00000168. The summed E-state index contributed by atoms with van der Waals surface area (Å²) in [6.45, 7) is 12.2. The van der Waals surface area contributed by atoms with Crippen molar-refractivity contribution in [3.8, 4) is 29.7 Å². The Hall–Kier alpha value is -4.08. The first kappa shape index (κ1) is 42.9. The second-order valence-corrected chi connectivity index (χ2v) is 10.3. The molecule has 0 N–H and O–H groups in total. The molecule has 2 atom stereocenters. The van der Waals surface area contributed by atoms with Gasteiger partial charge in [-0.1, -0.05) is 59.4 Å². The molecule has 1 aliphatic rings. The number of ether oxygens (including phenoxy) is 2. The highest BCUT2D eigenvalue weighted by Gasteiger charge is 2.36. The molecule has 47 heavy (non-hydrogen) atoms. The van der Waals surface area contributed by atoms with Crippen LogP contribution in [0.4, 0.5) is 44.3 Å². The second kappa shape index (κ2) is 18.3. The van der Waals surface area contributed by atoms with Crippen molar-refractivity contribution in [2.24, 2.45) is 5.92 Å². The predicted molar refractivity (Wildman–Crippen MR) is 165 cm³/mol. The van der Waals surface area contributed by atoms with Crippen LogP contribution in [0.3, 0.4) is 0 Å². The van der Waals surface area contributed by atoms with Gasteiger partial charge in [0.25, 0.3) is 0 Å². The van der Waals surface area contributed by atoms with Crippen molar-refractivity contribution in [1.29, 1.82) is 0 Å². The molecule has 0 radical (unpaired) electrons. The van der Waals surface area contributed by atoms with Crippen molar-refractivity contribution in [3.05, 3.63) is 77.4 Å². The molecule has 2 aromatic rings. The minimum Gasteiger partial charge on any atom is -0.496 e. The zero-order valence-corrected chi connectivity index (χ0v) is 27.2. The van der Waals surface area contributed by atoms with Crippen LogP contribution >= 0.6 is 0 Å². The van der Waals surface area contributed by atoms with Gasteiger partial charge in [-0.3, -0.25) is 4.90 Å². The highest BCUT2D eigenvalue weighted by molar-refractivity contribution is 5.76. The standard InChI is InChI=1S/C26H27F6NO3.C4H5F3.C2H6.C2H2/c1-15(2)17-6-10-23(35-4)22(12-17)21-9-7-19(26(30,31)32)11-18(21)13-33-14-20(36-24(33)34)8-5-16(3)25(27,28)29;1-3(2)4(5,6)7;2*1-2/h5-12,15-16,20H,13-14H2,1-4H3;1H2,2H3;1-2H3;1-2H/b8-5+;;;. The summed E-state index contributed by atoms with van der Waals surface area (Å²) >= 11 is 0. The van der Waals surface area contributed by atoms with Crippen LogP contribution < -0.4 is 4.74 Å². The molecular formula is C34H40F9NO3. The number of rotatable bonds is 7. The van der Waals surface area contributed by atoms with E-state index in [2.05, 4.69) is 19.4 Å². The highest BCUT2D eigenvalue weighted by Crippen LogP contribution is 2.39. The van der Waals surface area contributed by atoms with E-state index in [1.165, 1.54) is 18.1 Å². The fourth-order valence-electron chi connectivity index (χ4n) is 3.83. The van der Waals surface area contributed by atoms with Crippen LogP contribution in [0, 0.1) is 18.8 Å². The molecule has 262 valence electrons. The Morgan fingerprint density at radius 1 is 1.00 bits per heavy atom. The van der Waals surface area contributed by atoms with Crippen molar-refractivity contribution in [3.63, 3.8) is 0 Å². The summed E-state index contributed by atoms with van der Waals surface area (Å²) in [6.07, 6.45) is -4.96. The first-order chi connectivity index (χ1) is 21.6. The first-order valence-corrected chi connectivity index (χ1v) is 14.3. The Kier molecular flexibility index (Phi) is 16.7. The fourth-order valence-corrected chi connectivity index (χ4v) is 3.83. The molecule has 3 rings (SSSR count). The van der Waals surface area contributed by atoms with Gasteiger partial charge in [-0.25, -0.2) is 4.79 Å². The van der Waals surface area contributed by atoms with E-state index in [1.807, 2.05) is 39.8 Å². The van der Waals surface area contributed by atoms with Gasteiger partial charge in [0.15, 0.2) is 0 Å². The van der Waals surface area contributed by atoms with Gasteiger partial charge in [-0.2, -0.15) is 39.5 Å². The van der Waals surface area contributed by atoms with Gasteiger partial charge in [-0.05, 0) is 59.9 Å². The number of cyclic esters (lactones) is 1. The minimum absolute atomic E-state index is 0.0984. The molecule has 0 saturated carbocycles. The first-order valence-electron chi connectivity index (χ1n) is 14.3. The zero-order chi connectivity index (χ0) is 36.9. The summed E-state index contributed by atoms with van der Waals surface area (Å²) in [7, 11) is 1.45. The van der Waals surface area contributed by atoms with Crippen LogP contribution in [0.2, 0.25) is 0 Å². The number of halogens is 9. The van der Waals surface area contributed by atoms with Crippen molar-refractivity contribution >= 4 is 6.09 Å². The van der Waals surface area contributed by atoms with Crippen LogP contribution in [0.5, 0.6) is 5.75 Å². The third kappa shape index (κ3) is 13.3. The Labute approximate surface area is 270 Å². The topological polar surface area (TPSA) is 38.8 Å². The van der Waals surface area contributed by atoms with Crippen molar-refractivity contribution < 1.29 is 53.8 Å². The minimum atomic E-state index is -4.61. The van der Waals surface area contributed by atoms with Crippen molar-refractivity contribution in [2.75, 3.05) is 13.7 Å². The number of hydrogen-bond acceptors (Lipinski definition) is 3. The molecule has 1 amide bonds. The lowest BCUT2D eigenvalue weighted by Gasteiger charge is -2.20. The van der Waals surface area contributed by atoms with Gasteiger partial charge in [0.05, 0.1) is 25.1 Å². The molecule has 2 aromatic carbocycles. The Bertz CT molecular complexity index is 1360. The summed E-state index contributed by atoms with van der Waals surface area (Å²) < 4.78 is 123. The van der Waals surface area contributed by atoms with E-state index in [9.17, 15) is 44.3 Å². The van der Waals surface area contributed by atoms with Gasteiger partial charge in [0.1, 0.15) is 11.9 Å². The molecule has 0 spiro atoms. The number of methoxy groups -OCH3 is 1. The number of carbonyl (C=O) groups is 1. The third-order valence-electron chi connectivity index (χ3n) is 6.50. The number of terminal acetylenes is 1. The maximum atomic E-state index is 13.5. The molecule has 1 saturated heterocycles. The largest absolute Gasteiger partial charge is 0.496 e. The van der Waals surface area contributed by atoms with E-state index in [0.29, 0.717) is 16.9 Å². The number of amides is 1. The van der Waals surface area contributed by atoms with E-state index in [1.54, 1.807) is 6.07 Å². The molecule has 1 heterocycles. The molecule has 0 aromatic heterocycles. The van der Waals surface area contributed by atoms with Crippen LogP contribution in [-0.4, -0.2) is 43.1 Å². The lowest BCUT2D eigenvalue weighted by molar-refractivity contribution is -0.156. The number of alkyl halides is 9. The molecule has 1 fully saturated rings. The van der Waals surface area contributed by atoms with E-state index >= 15 is 0 Å². The lowest BCUT2D eigenvalue weighted by Crippen LogP contribution is -2.25. The lowest BCUT2D eigenvalue weighted by atomic mass is 9.92. The van der Waals surface area contributed by atoms with Gasteiger partial charge in [-0.15, -0.1) is 12.8 Å². The predicted octanol–water partition coefficient (Wildman–Crippen LogP) is 11.0. The molecule has 2 unspecified atom stereocenters. The van der Waals surface area contributed by atoms with Crippen molar-refractivity contribution in [2.45, 2.75) is 78.6 Å². The number of benzene rings is 2. The second-order valence-electron chi connectivity index (χ2n) is 10.3. The quantitative estimate of drug-likeness (QED) is 0.166. The number of carbonyl (C=O) groups excluding carboxylic acids is 1. The Morgan fingerprint density at radius 2 is 1.55 bits per heavy atom. The van der Waals surface area contributed by atoms with Crippen LogP contribution in [-0.2, 0) is 17.5 Å². The third-order valence-corrected chi connectivity index (χ3v) is 6.50. The molecule has 0 bridgehead atoms. The van der Waals surface area contributed by atoms with Crippen LogP contribution in [0.25, 0.3) is 11.1 Å². The SMILES string of the molecule is C#C.C=C(C)C(F)(F)F.CC.COc1ccc(C(C)C)cc1-c1ccc(C(F)(F)F)cc1CN1CC(/C=C/C(C)C(F)(F)F)OC1=O. The summed E-state index contributed by atoms with van der Waals surface area (Å²) in [4.78, 5) is 13.6. The summed E-state index contributed by atoms with van der Waals surface area (Å²) in [5.41, 5.74) is 0.515. The Morgan fingerprint density at radius 3 is 2.00 bits per heavy atom. The molecular weight excluding hydrogens is 641 g/mol. The molecule has 13 heteroatoms. The highest BCUT2D eigenvalue weighted by atomic mass is 19.4. The van der Waals surface area contributed by atoms with Crippen LogP contribution in [0.15, 0.2) is 60.7 Å². The van der Waals surface area contributed by atoms with Gasteiger partial charge in [0.2, 0.25) is 0 Å². The van der Waals surface area contributed by atoms with Gasteiger partial charge >= 0.3 is 24.6 Å². The molecule has 0 aliphatic carbocycles. The monoisotopic (exact) mass is 681 g/mol. The normalized spacial score (nSPS) is 15.4. The van der Waals surface area contributed by atoms with Gasteiger partial charge in [0, 0.05) is 17.7 Å². The maximum Gasteiger partial charge on any atom is 0.416 e. The molecule has 4 nitrogen and oxygen atoms in total. The van der Waals surface area contributed by atoms with E-state index in [4.69, 9.17) is 9.47 Å². The van der Waals surface area contributed by atoms with E-state index in [-0.39, 0.29) is 24.6 Å². The number of hydrogen-bond donors (Lipinski definition) is 0. The number of allylic oxidation sites excluding steroid dienone is 2. The van der Waals surface area contributed by atoms with Crippen molar-refractivity contribution in [1.82, 2.24) is 4.90 Å². The number of nitrogens with zero attached hydrogens (tertiary/aromatic N) is 1. The maximum absolute atomic E-state index is 13.5. The average Bonchev–Trinajstić information content (AvgIpc) is 3.34. The summed E-state index contributed by atoms with van der Waals surface area (Å²) in [5, 5.41) is 0. The molecule has 1 aliphatic heterocycles. The summed E-state index contributed by atoms with van der Waals surface area (Å²) in [6, 6.07) is 8.71. The summed E-state index contributed by atoms with van der Waals surface area (Å²) in [5.74, 6) is -1.14. The van der Waals surface area contributed by atoms with Gasteiger partial charge < -0.3 is 9.47 Å². The smallest absolute Gasteiger partial charge is 0.416 e. The van der Waals surface area contributed by atoms with Crippen LogP contribution in [0.1, 0.15) is 64.2 Å². The van der Waals surface area contributed by atoms with E-state index < -0.39 is 47.8 Å².